The molecule has 0 saturated carbocycles. The van der Waals surface area contributed by atoms with Crippen molar-refractivity contribution in [3.8, 4) is 5.82 Å². The van der Waals surface area contributed by atoms with Gasteiger partial charge in [0.15, 0.2) is 11.8 Å². The number of rotatable bonds is 4. The molecule has 1 aliphatic rings. The van der Waals surface area contributed by atoms with Gasteiger partial charge in [0.1, 0.15) is 0 Å². The van der Waals surface area contributed by atoms with Crippen molar-refractivity contribution in [2.75, 3.05) is 27.2 Å². The van der Waals surface area contributed by atoms with Crippen LogP contribution in [0.4, 0.5) is 0 Å². The van der Waals surface area contributed by atoms with E-state index in [2.05, 4.69) is 32.2 Å². The van der Waals surface area contributed by atoms with Crippen molar-refractivity contribution in [1.82, 2.24) is 25.0 Å². The van der Waals surface area contributed by atoms with Crippen LogP contribution in [-0.4, -0.2) is 58.8 Å². The zero-order valence-corrected chi connectivity index (χ0v) is 18.0. The van der Waals surface area contributed by atoms with Crippen LogP contribution >= 0.6 is 24.0 Å². The number of carbonyl (C=O) groups excluding carboxylic acids is 1. The molecule has 146 valence electrons. The summed E-state index contributed by atoms with van der Waals surface area (Å²) in [5.41, 5.74) is 1.07. The Balaban J connectivity index is 0.00000261. The SMILES string of the molecule is CN=C(NCc1ccnc(-n2cccn2)c1)N1CC(C)C(C(=O)OC)C1.I. The molecular weight excluding hydrogens is 459 g/mol. The number of likely N-dealkylation sites (tertiary alicyclic amines) is 1. The molecule has 8 nitrogen and oxygen atoms in total. The minimum atomic E-state index is -0.159. The zero-order valence-electron chi connectivity index (χ0n) is 15.7. The first kappa shape index (κ1) is 21.1. The molecule has 3 rings (SSSR count). The van der Waals surface area contributed by atoms with E-state index in [-0.39, 0.29) is 41.8 Å². The van der Waals surface area contributed by atoms with Crippen LogP contribution in [0.15, 0.2) is 41.8 Å². The molecule has 9 heteroatoms. The van der Waals surface area contributed by atoms with Gasteiger partial charge in [-0.3, -0.25) is 9.79 Å². The van der Waals surface area contributed by atoms with Crippen LogP contribution in [0.1, 0.15) is 12.5 Å². The number of ether oxygens (including phenoxy) is 1. The van der Waals surface area contributed by atoms with Crippen molar-refractivity contribution in [1.29, 1.82) is 0 Å². The monoisotopic (exact) mass is 484 g/mol. The van der Waals surface area contributed by atoms with Crippen LogP contribution in [0.25, 0.3) is 5.82 Å². The van der Waals surface area contributed by atoms with E-state index in [0.29, 0.717) is 13.1 Å². The van der Waals surface area contributed by atoms with Gasteiger partial charge in [0.05, 0.1) is 13.0 Å². The lowest BCUT2D eigenvalue weighted by molar-refractivity contribution is -0.145. The smallest absolute Gasteiger partial charge is 0.310 e. The molecule has 2 unspecified atom stereocenters. The molecule has 1 fully saturated rings. The summed E-state index contributed by atoms with van der Waals surface area (Å²) in [5, 5.41) is 7.57. The Kier molecular flexibility index (Phi) is 7.57. The van der Waals surface area contributed by atoms with Crippen LogP contribution in [0.2, 0.25) is 0 Å². The van der Waals surface area contributed by atoms with E-state index in [9.17, 15) is 4.79 Å². The van der Waals surface area contributed by atoms with Gasteiger partial charge < -0.3 is 15.0 Å². The number of halogens is 1. The number of nitrogens with one attached hydrogen (secondary N) is 1. The van der Waals surface area contributed by atoms with Gasteiger partial charge in [0.2, 0.25) is 0 Å². The van der Waals surface area contributed by atoms with Gasteiger partial charge in [-0.25, -0.2) is 9.67 Å². The van der Waals surface area contributed by atoms with Gasteiger partial charge in [-0.1, -0.05) is 6.92 Å². The number of nitrogens with zero attached hydrogens (tertiary/aromatic N) is 5. The van der Waals surface area contributed by atoms with Crippen molar-refractivity contribution in [3.63, 3.8) is 0 Å². The number of aliphatic imine (C=N–C) groups is 1. The third kappa shape index (κ3) is 4.96. The fraction of sp³-hybridized carbons (Fsp3) is 0.444. The Bertz CT molecular complexity index is 780. The summed E-state index contributed by atoms with van der Waals surface area (Å²) in [7, 11) is 3.19. The van der Waals surface area contributed by atoms with Crippen molar-refractivity contribution in [3.05, 3.63) is 42.4 Å². The maximum Gasteiger partial charge on any atom is 0.310 e. The maximum atomic E-state index is 11.9. The molecule has 1 N–H and O–H groups in total. The molecule has 2 aromatic heterocycles. The predicted molar refractivity (Wildman–Crippen MR) is 113 cm³/mol. The lowest BCUT2D eigenvalue weighted by Gasteiger charge is -2.21. The van der Waals surface area contributed by atoms with Gasteiger partial charge >= 0.3 is 5.97 Å². The van der Waals surface area contributed by atoms with Gasteiger partial charge in [-0.05, 0) is 29.7 Å². The van der Waals surface area contributed by atoms with Crippen LogP contribution in [-0.2, 0) is 16.1 Å². The molecule has 27 heavy (non-hydrogen) atoms. The summed E-state index contributed by atoms with van der Waals surface area (Å²) in [6.07, 6.45) is 5.35. The molecule has 0 amide bonds. The van der Waals surface area contributed by atoms with Crippen molar-refractivity contribution >= 4 is 35.9 Å². The largest absolute Gasteiger partial charge is 0.469 e. The van der Waals surface area contributed by atoms with Crippen molar-refractivity contribution in [2.45, 2.75) is 13.5 Å². The molecular formula is C18H25IN6O2. The highest BCUT2D eigenvalue weighted by Gasteiger charge is 2.36. The minimum Gasteiger partial charge on any atom is -0.469 e. The summed E-state index contributed by atoms with van der Waals surface area (Å²) >= 11 is 0. The zero-order chi connectivity index (χ0) is 18.5. The predicted octanol–water partition coefficient (Wildman–Crippen LogP) is 1.70. The number of guanidine groups is 1. The quantitative estimate of drug-likeness (QED) is 0.308. The Morgan fingerprint density at radius 3 is 2.89 bits per heavy atom. The number of carbonyl (C=O) groups is 1. The van der Waals surface area contributed by atoms with E-state index in [1.807, 2.05) is 24.4 Å². The van der Waals surface area contributed by atoms with Crippen LogP contribution in [0.3, 0.4) is 0 Å². The Labute approximate surface area is 176 Å². The number of pyridine rings is 1. The van der Waals surface area contributed by atoms with Crippen LogP contribution in [0.5, 0.6) is 0 Å². The molecule has 3 heterocycles. The standard InChI is InChI=1S/C18H24N6O2.HI/c1-13-11-23(12-15(13)17(25)26-3)18(19-2)21-10-14-5-7-20-16(9-14)24-8-4-6-22-24;/h4-9,13,15H,10-12H2,1-3H3,(H,19,21);1H. The highest BCUT2D eigenvalue weighted by molar-refractivity contribution is 14.0. The fourth-order valence-corrected chi connectivity index (χ4v) is 3.21. The number of aromatic nitrogens is 3. The number of methoxy groups -OCH3 is 1. The lowest BCUT2D eigenvalue weighted by Crippen LogP contribution is -2.40. The molecule has 0 spiro atoms. The van der Waals surface area contributed by atoms with E-state index in [1.54, 1.807) is 24.1 Å². The van der Waals surface area contributed by atoms with E-state index >= 15 is 0 Å². The summed E-state index contributed by atoms with van der Waals surface area (Å²) in [4.78, 5) is 22.7. The fourth-order valence-electron chi connectivity index (χ4n) is 3.21. The first-order chi connectivity index (χ1) is 12.6. The van der Waals surface area contributed by atoms with Crippen LogP contribution < -0.4 is 5.32 Å². The molecule has 2 atom stereocenters. The minimum absolute atomic E-state index is 0. The number of hydrogen-bond acceptors (Lipinski definition) is 5. The summed E-state index contributed by atoms with van der Waals surface area (Å²) < 4.78 is 6.63. The first-order valence-corrected chi connectivity index (χ1v) is 8.60. The molecule has 1 aliphatic heterocycles. The third-order valence-corrected chi connectivity index (χ3v) is 4.63. The molecule has 0 aliphatic carbocycles. The van der Waals surface area contributed by atoms with E-state index in [0.717, 1.165) is 23.9 Å². The Hall–Kier alpha value is -2.17. The second-order valence-electron chi connectivity index (χ2n) is 6.39. The topological polar surface area (TPSA) is 84.6 Å². The second-order valence-corrected chi connectivity index (χ2v) is 6.39. The first-order valence-electron chi connectivity index (χ1n) is 8.60. The van der Waals surface area contributed by atoms with Gasteiger partial charge in [0.25, 0.3) is 0 Å². The second kappa shape index (κ2) is 9.67. The maximum absolute atomic E-state index is 11.9. The average Bonchev–Trinajstić information content (AvgIpc) is 3.32. The van der Waals surface area contributed by atoms with Gasteiger partial charge in [-0.15, -0.1) is 24.0 Å². The molecule has 0 bridgehead atoms. The highest BCUT2D eigenvalue weighted by atomic mass is 127. The Morgan fingerprint density at radius 2 is 2.22 bits per heavy atom. The highest BCUT2D eigenvalue weighted by Crippen LogP contribution is 2.24. The van der Waals surface area contributed by atoms with Gasteiger partial charge in [0, 0.05) is 45.3 Å². The third-order valence-electron chi connectivity index (χ3n) is 4.63. The average molecular weight is 484 g/mol. The van der Waals surface area contributed by atoms with E-state index < -0.39 is 0 Å². The molecule has 2 aromatic rings. The van der Waals surface area contributed by atoms with Crippen molar-refractivity contribution in [2.24, 2.45) is 16.8 Å². The van der Waals surface area contributed by atoms with Crippen LogP contribution in [0, 0.1) is 11.8 Å². The lowest BCUT2D eigenvalue weighted by atomic mass is 9.99. The van der Waals surface area contributed by atoms with Crippen molar-refractivity contribution < 1.29 is 9.53 Å². The molecule has 1 saturated heterocycles. The molecule has 0 aromatic carbocycles. The summed E-state index contributed by atoms with van der Waals surface area (Å²) in [6.45, 7) is 4.06. The van der Waals surface area contributed by atoms with E-state index in [1.165, 1.54) is 7.11 Å². The number of esters is 1. The number of hydrogen-bond donors (Lipinski definition) is 1. The summed E-state index contributed by atoms with van der Waals surface area (Å²) in [5.74, 6) is 1.50. The Morgan fingerprint density at radius 1 is 1.41 bits per heavy atom. The molecule has 0 radical (unpaired) electrons. The normalized spacial score (nSPS) is 19.5. The van der Waals surface area contributed by atoms with E-state index in [4.69, 9.17) is 4.74 Å². The summed E-state index contributed by atoms with van der Waals surface area (Å²) in [6, 6.07) is 5.80. The van der Waals surface area contributed by atoms with Gasteiger partial charge in [-0.2, -0.15) is 5.10 Å².